The maximum Gasteiger partial charge on any atom is 0.312 e. The molecule has 3 aromatic rings. The number of rotatable bonds is 6. The molecule has 0 saturated heterocycles. The van der Waals surface area contributed by atoms with Crippen LogP contribution in [-0.4, -0.2) is 31.4 Å². The van der Waals surface area contributed by atoms with Gasteiger partial charge in [0.15, 0.2) is 41.3 Å². The van der Waals surface area contributed by atoms with Crippen LogP contribution in [-0.2, 0) is 9.59 Å². The number of hydrogen-bond acceptors (Lipinski definition) is 7. The summed E-state index contributed by atoms with van der Waals surface area (Å²) in [5, 5.41) is 0. The molecule has 0 unspecified atom stereocenters. The maximum atomic E-state index is 13.7. The van der Waals surface area contributed by atoms with Crippen molar-refractivity contribution in [2.75, 3.05) is 13.7 Å². The summed E-state index contributed by atoms with van der Waals surface area (Å²) < 4.78 is 62.7. The van der Waals surface area contributed by atoms with Crippen molar-refractivity contribution < 1.29 is 46.5 Å². The largest absolute Gasteiger partial charge is 0.493 e. The molecule has 5 rings (SSSR count). The van der Waals surface area contributed by atoms with Gasteiger partial charge in [0.05, 0.1) is 19.1 Å². The summed E-state index contributed by atoms with van der Waals surface area (Å²) in [6.07, 6.45) is 0.976. The first-order chi connectivity index (χ1) is 18.2. The van der Waals surface area contributed by atoms with Crippen molar-refractivity contribution in [1.82, 2.24) is 0 Å². The number of methoxy groups -OCH3 is 1. The minimum atomic E-state index is -1.63. The number of hydrogen-bond donors (Lipinski definition) is 1. The van der Waals surface area contributed by atoms with Crippen LogP contribution in [0.4, 0.5) is 13.2 Å². The Morgan fingerprint density at radius 1 is 1.05 bits per heavy atom. The number of halogens is 3. The predicted octanol–water partition coefficient (Wildman–Crippen LogP) is 4.03. The van der Waals surface area contributed by atoms with Crippen molar-refractivity contribution in [1.29, 1.82) is 0 Å². The van der Waals surface area contributed by atoms with E-state index in [4.69, 9.17) is 24.7 Å². The number of benzene rings is 3. The Morgan fingerprint density at radius 2 is 1.79 bits per heavy atom. The zero-order valence-corrected chi connectivity index (χ0v) is 19.7. The number of Topliss-reactive ketones (excluding diaryl/α,β-unsaturated/α-hetero) is 1. The Balaban J connectivity index is 1.58. The first-order valence-electron chi connectivity index (χ1n) is 11.2. The Bertz CT molecular complexity index is 1530. The Kier molecular flexibility index (Phi) is 6.27. The molecule has 2 aliphatic heterocycles. The third kappa shape index (κ3) is 4.42. The van der Waals surface area contributed by atoms with E-state index in [0.717, 1.165) is 18.2 Å². The first kappa shape index (κ1) is 24.9. The van der Waals surface area contributed by atoms with Crippen LogP contribution in [0.3, 0.4) is 0 Å². The van der Waals surface area contributed by atoms with Gasteiger partial charge in [0.1, 0.15) is 11.5 Å². The number of nitrogens with two attached hydrogens (primary N) is 1. The lowest BCUT2D eigenvalue weighted by Gasteiger charge is -2.26. The van der Waals surface area contributed by atoms with Crippen LogP contribution in [0.25, 0.3) is 6.08 Å². The molecule has 2 N–H and O–H groups in total. The van der Waals surface area contributed by atoms with Gasteiger partial charge in [-0.3, -0.25) is 14.4 Å². The van der Waals surface area contributed by atoms with E-state index in [1.54, 1.807) is 18.2 Å². The molecule has 0 aromatic heterocycles. The molecule has 2 aliphatic rings. The van der Waals surface area contributed by atoms with Crippen molar-refractivity contribution >= 4 is 23.7 Å². The molecule has 194 valence electrons. The summed E-state index contributed by atoms with van der Waals surface area (Å²) in [4.78, 5) is 36.7. The van der Waals surface area contributed by atoms with Crippen LogP contribution in [0.1, 0.15) is 39.4 Å². The molecule has 1 atom stereocenters. The third-order valence-corrected chi connectivity index (χ3v) is 6.04. The van der Waals surface area contributed by atoms with Crippen LogP contribution in [0.15, 0.2) is 48.2 Å². The van der Waals surface area contributed by atoms with Gasteiger partial charge in [-0.05, 0) is 53.6 Å². The van der Waals surface area contributed by atoms with Crippen molar-refractivity contribution in [3.05, 3.63) is 87.9 Å². The predicted molar refractivity (Wildman–Crippen MR) is 125 cm³/mol. The number of primary amides is 1. The minimum Gasteiger partial charge on any atom is -0.493 e. The fourth-order valence-corrected chi connectivity index (χ4v) is 4.37. The van der Waals surface area contributed by atoms with Crippen LogP contribution >= 0.6 is 0 Å². The van der Waals surface area contributed by atoms with Gasteiger partial charge in [-0.1, -0.05) is 6.07 Å². The molecule has 38 heavy (non-hydrogen) atoms. The quantitative estimate of drug-likeness (QED) is 0.224. The van der Waals surface area contributed by atoms with Crippen molar-refractivity contribution in [2.24, 2.45) is 5.73 Å². The number of carbonyl (C=O) groups is 3. The van der Waals surface area contributed by atoms with E-state index in [-0.39, 0.29) is 40.6 Å². The standard InChI is InChI=1S/C27H18F3NO7/c1-35-18-4-2-13(9-20(18)36-11-22(31)32)15-10-23(33)37-19-5-3-14-26(34)21(38-27(14)24(15)19)8-12-6-16(28)25(30)17(29)7-12/h2-9,15H,10-11H2,1H3,(H2,31,32)/b21-8-/t15-/m0/s1. The first-order valence-corrected chi connectivity index (χ1v) is 11.2. The fourth-order valence-electron chi connectivity index (χ4n) is 4.37. The summed E-state index contributed by atoms with van der Waals surface area (Å²) in [6, 6.07) is 9.17. The van der Waals surface area contributed by atoms with E-state index in [9.17, 15) is 27.6 Å². The SMILES string of the molecule is COc1ccc([C@@H]2CC(=O)Oc3ccc4c(c32)O/C(=C\c2cc(F)c(F)c(F)c2)C4=O)cc1OCC(N)=O. The van der Waals surface area contributed by atoms with Crippen LogP contribution < -0.4 is 24.7 Å². The summed E-state index contributed by atoms with van der Waals surface area (Å²) in [7, 11) is 1.42. The van der Waals surface area contributed by atoms with Gasteiger partial charge in [-0.15, -0.1) is 0 Å². The lowest BCUT2D eigenvalue weighted by molar-refractivity contribution is -0.135. The van der Waals surface area contributed by atoms with E-state index in [1.165, 1.54) is 19.2 Å². The monoisotopic (exact) mass is 525 g/mol. The molecule has 0 spiro atoms. The molecular weight excluding hydrogens is 507 g/mol. The average Bonchev–Trinajstić information content (AvgIpc) is 3.20. The molecule has 0 bridgehead atoms. The molecule has 11 heteroatoms. The summed E-state index contributed by atoms with van der Waals surface area (Å²) in [6.45, 7) is -0.408. The number of ether oxygens (including phenoxy) is 4. The lowest BCUT2D eigenvalue weighted by Crippen LogP contribution is -2.22. The highest BCUT2D eigenvalue weighted by atomic mass is 19.2. The van der Waals surface area contributed by atoms with Gasteiger partial charge < -0.3 is 24.7 Å². The highest BCUT2D eigenvalue weighted by molar-refractivity contribution is 6.15. The van der Waals surface area contributed by atoms with Gasteiger partial charge in [-0.2, -0.15) is 0 Å². The fraction of sp³-hybridized carbons (Fsp3) is 0.148. The molecule has 0 aliphatic carbocycles. The molecular formula is C27H18F3NO7. The van der Waals surface area contributed by atoms with Gasteiger partial charge in [0.2, 0.25) is 5.78 Å². The van der Waals surface area contributed by atoms with E-state index >= 15 is 0 Å². The van der Waals surface area contributed by atoms with Gasteiger partial charge >= 0.3 is 5.97 Å². The maximum absolute atomic E-state index is 13.7. The molecule has 0 radical (unpaired) electrons. The zero-order chi connectivity index (χ0) is 27.1. The van der Waals surface area contributed by atoms with Crippen molar-refractivity contribution in [3.8, 4) is 23.0 Å². The second kappa shape index (κ2) is 9.58. The number of esters is 1. The van der Waals surface area contributed by atoms with Crippen LogP contribution in [0, 0.1) is 17.5 Å². The van der Waals surface area contributed by atoms with Gasteiger partial charge in [-0.25, -0.2) is 13.2 Å². The number of ketones is 1. The topological polar surface area (TPSA) is 114 Å². The van der Waals surface area contributed by atoms with E-state index in [0.29, 0.717) is 16.9 Å². The lowest BCUT2D eigenvalue weighted by atomic mass is 9.84. The summed E-state index contributed by atoms with van der Waals surface area (Å²) in [5.74, 6) is -6.40. The highest BCUT2D eigenvalue weighted by Gasteiger charge is 2.39. The molecule has 0 saturated carbocycles. The van der Waals surface area contributed by atoms with Crippen LogP contribution in [0.2, 0.25) is 0 Å². The van der Waals surface area contributed by atoms with E-state index in [1.807, 2.05) is 0 Å². The van der Waals surface area contributed by atoms with E-state index < -0.39 is 47.6 Å². The van der Waals surface area contributed by atoms with E-state index in [2.05, 4.69) is 0 Å². The molecule has 8 nitrogen and oxygen atoms in total. The highest BCUT2D eigenvalue weighted by Crippen LogP contribution is 2.49. The number of amides is 1. The number of carbonyl (C=O) groups excluding carboxylic acids is 3. The van der Waals surface area contributed by atoms with Gasteiger partial charge in [0.25, 0.3) is 5.91 Å². The zero-order valence-electron chi connectivity index (χ0n) is 19.7. The Morgan fingerprint density at radius 3 is 2.47 bits per heavy atom. The Hall–Kier alpha value is -4.80. The third-order valence-electron chi connectivity index (χ3n) is 6.04. The van der Waals surface area contributed by atoms with Crippen LogP contribution in [0.5, 0.6) is 23.0 Å². The second-order valence-corrected chi connectivity index (χ2v) is 8.49. The summed E-state index contributed by atoms with van der Waals surface area (Å²) >= 11 is 0. The van der Waals surface area contributed by atoms with Crippen molar-refractivity contribution in [3.63, 3.8) is 0 Å². The normalized spacial score (nSPS) is 16.9. The second-order valence-electron chi connectivity index (χ2n) is 8.49. The summed E-state index contributed by atoms with van der Waals surface area (Å²) in [5.41, 5.74) is 6.15. The molecule has 3 aromatic carbocycles. The van der Waals surface area contributed by atoms with Gasteiger partial charge in [0, 0.05) is 11.5 Å². The smallest absolute Gasteiger partial charge is 0.312 e. The molecule has 0 fully saturated rings. The molecule has 2 heterocycles. The average molecular weight is 525 g/mol. The number of allylic oxidation sites excluding steroid dienone is 1. The molecule has 1 amide bonds. The minimum absolute atomic E-state index is 0.106. The number of fused-ring (bicyclic) bond motifs is 3. The van der Waals surface area contributed by atoms with Crippen molar-refractivity contribution in [2.45, 2.75) is 12.3 Å². The Labute approximate surface area is 213 Å².